The van der Waals surface area contributed by atoms with Crippen LogP contribution in [0.5, 0.6) is 0 Å². The lowest BCUT2D eigenvalue weighted by molar-refractivity contribution is 0.509. The number of hydrogen-bond acceptors (Lipinski definition) is 3. The van der Waals surface area contributed by atoms with Gasteiger partial charge in [-0.1, -0.05) is 23.4 Å². The van der Waals surface area contributed by atoms with Gasteiger partial charge in [0.05, 0.1) is 30.1 Å². The van der Waals surface area contributed by atoms with E-state index in [2.05, 4.69) is 16.4 Å². The first-order chi connectivity index (χ1) is 10.7. The second-order valence-corrected chi connectivity index (χ2v) is 4.67. The lowest BCUT2D eigenvalue weighted by atomic mass is 10.1. The molecule has 3 rings (SSSR count). The minimum atomic E-state index is -0.928. The highest BCUT2D eigenvalue weighted by molar-refractivity contribution is 5.58. The van der Waals surface area contributed by atoms with E-state index in [1.54, 1.807) is 16.8 Å². The maximum Gasteiger partial charge on any atom is 0.159 e. The van der Waals surface area contributed by atoms with E-state index in [0.717, 1.165) is 17.7 Å². The van der Waals surface area contributed by atoms with Crippen molar-refractivity contribution < 1.29 is 8.78 Å². The molecule has 0 spiro atoms. The topological polar surface area (TPSA) is 54.5 Å². The van der Waals surface area contributed by atoms with Gasteiger partial charge >= 0.3 is 0 Å². The fourth-order valence-corrected chi connectivity index (χ4v) is 2.18. The number of hydrogen-bond donors (Lipinski definition) is 0. The molecule has 0 N–H and O–H groups in total. The van der Waals surface area contributed by atoms with Gasteiger partial charge in [0.2, 0.25) is 0 Å². The molecular formula is C16H10F2N4. The zero-order chi connectivity index (χ0) is 15.5. The van der Waals surface area contributed by atoms with Crippen LogP contribution in [-0.4, -0.2) is 15.0 Å². The Morgan fingerprint density at radius 2 is 1.91 bits per heavy atom. The van der Waals surface area contributed by atoms with Crippen LogP contribution < -0.4 is 0 Å². The van der Waals surface area contributed by atoms with Crippen LogP contribution in [0.15, 0.2) is 48.7 Å². The predicted molar refractivity (Wildman–Crippen MR) is 75.6 cm³/mol. The fraction of sp³-hybridized carbons (Fsp3) is 0.0625. The number of rotatable bonds is 3. The highest BCUT2D eigenvalue weighted by Gasteiger charge is 2.11. The van der Waals surface area contributed by atoms with E-state index in [4.69, 9.17) is 5.26 Å². The summed E-state index contributed by atoms with van der Waals surface area (Å²) >= 11 is 0. The third-order valence-electron chi connectivity index (χ3n) is 3.29. The van der Waals surface area contributed by atoms with Crippen LogP contribution in [0, 0.1) is 23.0 Å². The third kappa shape index (κ3) is 2.56. The number of nitrogens with zero attached hydrogens (tertiary/aromatic N) is 4. The highest BCUT2D eigenvalue weighted by Crippen LogP contribution is 2.21. The molecule has 0 aliphatic heterocycles. The molecule has 0 saturated heterocycles. The van der Waals surface area contributed by atoms with Crippen molar-refractivity contribution in [3.05, 3.63) is 71.4 Å². The summed E-state index contributed by atoms with van der Waals surface area (Å²) in [6, 6.07) is 12.9. The summed E-state index contributed by atoms with van der Waals surface area (Å²) < 4.78 is 28.0. The van der Waals surface area contributed by atoms with Crippen LogP contribution in [0.1, 0.15) is 11.1 Å². The van der Waals surface area contributed by atoms with Crippen LogP contribution in [0.4, 0.5) is 8.78 Å². The van der Waals surface area contributed by atoms with E-state index in [1.807, 2.05) is 12.1 Å². The predicted octanol–water partition coefficient (Wildman–Crippen LogP) is 3.14. The van der Waals surface area contributed by atoms with Gasteiger partial charge in [0, 0.05) is 5.56 Å². The monoisotopic (exact) mass is 296 g/mol. The molecule has 0 radical (unpaired) electrons. The van der Waals surface area contributed by atoms with Crippen LogP contribution in [-0.2, 0) is 6.54 Å². The van der Waals surface area contributed by atoms with Gasteiger partial charge in [-0.25, -0.2) is 13.5 Å². The van der Waals surface area contributed by atoms with Crippen molar-refractivity contribution >= 4 is 0 Å². The molecule has 0 aliphatic rings. The average Bonchev–Trinajstić information content (AvgIpc) is 2.99. The van der Waals surface area contributed by atoms with E-state index in [9.17, 15) is 8.78 Å². The molecule has 0 aliphatic carbocycles. The summed E-state index contributed by atoms with van der Waals surface area (Å²) in [5, 5.41) is 16.9. The minimum absolute atomic E-state index is 0.318. The molecule has 0 amide bonds. The Hall–Kier alpha value is -3.07. The van der Waals surface area contributed by atoms with E-state index in [1.165, 1.54) is 12.3 Å². The van der Waals surface area contributed by atoms with Gasteiger partial charge in [-0.15, -0.1) is 5.10 Å². The van der Waals surface area contributed by atoms with Gasteiger partial charge < -0.3 is 0 Å². The molecular weight excluding hydrogens is 286 g/mol. The Morgan fingerprint density at radius 3 is 2.68 bits per heavy atom. The largest absolute Gasteiger partial charge is 0.240 e. The van der Waals surface area contributed by atoms with Crippen molar-refractivity contribution in [2.75, 3.05) is 0 Å². The normalized spacial score (nSPS) is 10.4. The second-order valence-electron chi connectivity index (χ2n) is 4.67. The van der Waals surface area contributed by atoms with Gasteiger partial charge in [-0.05, 0) is 29.8 Å². The molecule has 1 aromatic heterocycles. The second kappa shape index (κ2) is 5.74. The summed E-state index contributed by atoms with van der Waals surface area (Å²) in [6.07, 6.45) is 1.47. The van der Waals surface area contributed by atoms with Crippen LogP contribution >= 0.6 is 0 Å². The number of halogens is 2. The van der Waals surface area contributed by atoms with Crippen molar-refractivity contribution in [1.29, 1.82) is 5.26 Å². The van der Waals surface area contributed by atoms with Crippen LogP contribution in [0.2, 0.25) is 0 Å². The molecule has 0 unspecified atom stereocenters. The molecule has 1 heterocycles. The zero-order valence-corrected chi connectivity index (χ0v) is 11.4. The van der Waals surface area contributed by atoms with E-state index >= 15 is 0 Å². The van der Waals surface area contributed by atoms with Crippen molar-refractivity contribution in [2.24, 2.45) is 0 Å². The van der Waals surface area contributed by atoms with Crippen molar-refractivity contribution in [1.82, 2.24) is 15.0 Å². The molecule has 2 aromatic carbocycles. The fourth-order valence-electron chi connectivity index (χ4n) is 2.18. The lowest BCUT2D eigenvalue weighted by Gasteiger charge is -2.08. The Balaban J connectivity index is 1.99. The van der Waals surface area contributed by atoms with Gasteiger partial charge in [0.1, 0.15) is 0 Å². The Morgan fingerprint density at radius 1 is 1.09 bits per heavy atom. The quantitative estimate of drug-likeness (QED) is 0.746. The molecule has 0 saturated carbocycles. The Kier molecular flexibility index (Phi) is 3.62. The first-order valence-corrected chi connectivity index (χ1v) is 6.51. The summed E-state index contributed by atoms with van der Waals surface area (Å²) in [5.41, 5.74) is 2.33. The van der Waals surface area contributed by atoms with Crippen LogP contribution in [0.3, 0.4) is 0 Å². The number of aromatic nitrogens is 3. The van der Waals surface area contributed by atoms with E-state index in [0.29, 0.717) is 23.4 Å². The van der Waals surface area contributed by atoms with Gasteiger partial charge in [0.25, 0.3) is 0 Å². The molecule has 0 atom stereocenters. The number of benzene rings is 2. The van der Waals surface area contributed by atoms with Gasteiger partial charge in [-0.3, -0.25) is 0 Å². The molecule has 22 heavy (non-hydrogen) atoms. The summed E-state index contributed by atoms with van der Waals surface area (Å²) in [4.78, 5) is 0. The molecule has 0 bridgehead atoms. The SMILES string of the molecule is N#Cc1ccccc1Cn1nncc1-c1ccc(F)c(F)c1. The standard InChI is InChI=1S/C16H10F2N4/c17-14-6-5-11(7-15(14)18)16-9-20-21-22(16)10-13-4-2-1-3-12(13)8-19/h1-7,9H,10H2. The van der Waals surface area contributed by atoms with Crippen molar-refractivity contribution in [3.8, 4) is 17.3 Å². The summed E-state index contributed by atoms with van der Waals surface area (Å²) in [7, 11) is 0. The smallest absolute Gasteiger partial charge is 0.159 e. The molecule has 108 valence electrons. The Labute approximate surface area is 125 Å². The first kappa shape index (κ1) is 13.9. The Bertz CT molecular complexity index is 865. The van der Waals surface area contributed by atoms with Crippen LogP contribution in [0.25, 0.3) is 11.3 Å². The van der Waals surface area contributed by atoms with Crippen molar-refractivity contribution in [2.45, 2.75) is 6.54 Å². The molecule has 3 aromatic rings. The summed E-state index contributed by atoms with van der Waals surface area (Å²) in [5.74, 6) is -1.83. The number of nitriles is 1. The molecule has 0 fully saturated rings. The van der Waals surface area contributed by atoms with E-state index in [-0.39, 0.29) is 0 Å². The van der Waals surface area contributed by atoms with Gasteiger partial charge in [0.15, 0.2) is 11.6 Å². The maximum absolute atomic E-state index is 13.4. The molecule has 4 nitrogen and oxygen atoms in total. The van der Waals surface area contributed by atoms with Gasteiger partial charge in [-0.2, -0.15) is 5.26 Å². The highest BCUT2D eigenvalue weighted by atomic mass is 19.2. The molecule has 6 heteroatoms. The summed E-state index contributed by atoms with van der Waals surface area (Å²) in [6.45, 7) is 0.318. The zero-order valence-electron chi connectivity index (χ0n) is 11.4. The third-order valence-corrected chi connectivity index (χ3v) is 3.29. The van der Waals surface area contributed by atoms with Crippen molar-refractivity contribution in [3.63, 3.8) is 0 Å². The van der Waals surface area contributed by atoms with E-state index < -0.39 is 11.6 Å². The maximum atomic E-state index is 13.4. The first-order valence-electron chi connectivity index (χ1n) is 6.51. The minimum Gasteiger partial charge on any atom is -0.240 e. The lowest BCUT2D eigenvalue weighted by Crippen LogP contribution is -2.05. The average molecular weight is 296 g/mol.